The highest BCUT2D eigenvalue weighted by molar-refractivity contribution is 7.89. The lowest BCUT2D eigenvalue weighted by molar-refractivity contribution is -0.134. The fourth-order valence-corrected chi connectivity index (χ4v) is 6.43. The Morgan fingerprint density at radius 2 is 1.62 bits per heavy atom. The lowest BCUT2D eigenvalue weighted by Crippen LogP contribution is -2.55. The van der Waals surface area contributed by atoms with Gasteiger partial charge in [-0.25, -0.2) is 8.42 Å². The van der Waals surface area contributed by atoms with E-state index in [4.69, 9.17) is 0 Å². The molecule has 8 nitrogen and oxygen atoms in total. The highest BCUT2D eigenvalue weighted by Gasteiger charge is 2.40. The van der Waals surface area contributed by atoms with E-state index >= 15 is 0 Å². The van der Waals surface area contributed by atoms with Gasteiger partial charge < -0.3 is 9.80 Å². The molecule has 1 fully saturated rings. The Kier molecular flexibility index (Phi) is 6.95. The van der Waals surface area contributed by atoms with Crippen LogP contribution in [0.4, 0.5) is 11.4 Å². The summed E-state index contributed by atoms with van der Waals surface area (Å²) in [6.45, 7) is 8.42. The molecule has 0 spiro atoms. The Bertz CT molecular complexity index is 1160. The summed E-state index contributed by atoms with van der Waals surface area (Å²) < 4.78 is 27.4. The second-order valence-electron chi connectivity index (χ2n) is 8.64. The second-order valence-corrected chi connectivity index (χ2v) is 10.6. The third-order valence-electron chi connectivity index (χ3n) is 6.72. The van der Waals surface area contributed by atoms with Crippen LogP contribution >= 0.6 is 0 Å². The number of rotatable bonds is 6. The Balaban J connectivity index is 1.53. The quantitative estimate of drug-likeness (QED) is 0.629. The summed E-state index contributed by atoms with van der Waals surface area (Å²) in [5.74, 6) is -0.313. The van der Waals surface area contributed by atoms with Crippen LogP contribution in [0.25, 0.3) is 0 Å². The third-order valence-corrected chi connectivity index (χ3v) is 8.76. The van der Waals surface area contributed by atoms with Crippen LogP contribution in [0.1, 0.15) is 26.3 Å². The monoisotopic (exact) mass is 484 g/mol. The zero-order valence-electron chi connectivity index (χ0n) is 20.0. The number of para-hydroxylation sites is 1. The molecule has 2 aromatic rings. The van der Waals surface area contributed by atoms with Crippen molar-refractivity contribution in [2.75, 3.05) is 49.1 Å². The van der Waals surface area contributed by atoms with Crippen molar-refractivity contribution in [2.24, 2.45) is 0 Å². The minimum absolute atomic E-state index is 0.0905. The molecule has 0 saturated carbocycles. The first-order chi connectivity index (χ1) is 16.3. The van der Waals surface area contributed by atoms with E-state index in [1.807, 2.05) is 23.1 Å². The second kappa shape index (κ2) is 9.76. The van der Waals surface area contributed by atoms with Crippen molar-refractivity contribution in [1.82, 2.24) is 9.21 Å². The van der Waals surface area contributed by atoms with Gasteiger partial charge in [-0.1, -0.05) is 32.0 Å². The average molecular weight is 485 g/mol. The number of anilines is 2. The molecule has 0 bridgehead atoms. The Hall–Kier alpha value is -2.91. The van der Waals surface area contributed by atoms with Crippen molar-refractivity contribution >= 4 is 33.2 Å². The smallest absolute Gasteiger partial charge is 0.246 e. The molecule has 2 amide bonds. The number of hydrogen-bond donors (Lipinski definition) is 0. The van der Waals surface area contributed by atoms with Crippen molar-refractivity contribution in [1.29, 1.82) is 0 Å². The third kappa shape index (κ3) is 4.42. The molecule has 2 heterocycles. The molecule has 182 valence electrons. The van der Waals surface area contributed by atoms with Gasteiger partial charge in [-0.05, 0) is 35.9 Å². The van der Waals surface area contributed by atoms with Crippen LogP contribution in [-0.2, 0) is 26.0 Å². The Morgan fingerprint density at radius 3 is 2.21 bits per heavy atom. The van der Waals surface area contributed by atoms with Crippen LogP contribution in [0.15, 0.2) is 53.4 Å². The first-order valence-corrected chi connectivity index (χ1v) is 13.2. The van der Waals surface area contributed by atoms with Crippen molar-refractivity contribution < 1.29 is 18.0 Å². The number of hydrogen-bond acceptors (Lipinski definition) is 5. The molecule has 34 heavy (non-hydrogen) atoms. The number of carbonyl (C=O) groups is 2. The van der Waals surface area contributed by atoms with E-state index in [2.05, 4.69) is 17.0 Å². The maximum Gasteiger partial charge on any atom is 0.246 e. The van der Waals surface area contributed by atoms with E-state index in [-0.39, 0.29) is 16.7 Å². The minimum Gasteiger partial charge on any atom is -0.368 e. The largest absolute Gasteiger partial charge is 0.368 e. The molecular weight excluding hydrogens is 452 g/mol. The Morgan fingerprint density at radius 1 is 0.971 bits per heavy atom. The van der Waals surface area contributed by atoms with Gasteiger partial charge in [0.25, 0.3) is 0 Å². The number of carbonyl (C=O) groups excluding carboxylic acids is 2. The molecule has 2 aliphatic rings. The zero-order valence-corrected chi connectivity index (χ0v) is 20.8. The van der Waals surface area contributed by atoms with Gasteiger partial charge in [0.1, 0.15) is 6.04 Å². The fraction of sp³-hybridized carbons (Fsp3) is 0.440. The topological polar surface area (TPSA) is 81.2 Å². The summed E-state index contributed by atoms with van der Waals surface area (Å²) in [4.78, 5) is 31.8. The molecule has 9 heteroatoms. The van der Waals surface area contributed by atoms with Crippen molar-refractivity contribution in [3.63, 3.8) is 0 Å². The van der Waals surface area contributed by atoms with Crippen LogP contribution in [0.2, 0.25) is 0 Å². The van der Waals surface area contributed by atoms with Crippen LogP contribution in [-0.4, -0.2) is 74.7 Å². The summed E-state index contributed by atoms with van der Waals surface area (Å²) in [5.41, 5.74) is 2.46. The molecule has 4 rings (SSSR count). The van der Waals surface area contributed by atoms with E-state index < -0.39 is 16.1 Å². The van der Waals surface area contributed by atoms with Gasteiger partial charge in [0.15, 0.2) is 0 Å². The summed E-state index contributed by atoms with van der Waals surface area (Å²) in [6.07, 6.45) is 0.314. The Labute approximate surface area is 201 Å². The maximum atomic E-state index is 13.5. The highest BCUT2D eigenvalue weighted by Crippen LogP contribution is 2.35. The van der Waals surface area contributed by atoms with Gasteiger partial charge in [-0.2, -0.15) is 4.31 Å². The number of nitrogens with zero attached hydrogens (tertiary/aromatic N) is 4. The number of sulfonamides is 1. The SMILES string of the molecule is CCN(CC)S(=O)(=O)c1ccc2c(c1)CC(C(=O)N1CCN(c3ccccc3)CC1)N2C(C)=O. The van der Waals surface area contributed by atoms with E-state index in [0.717, 1.165) is 18.8 Å². The van der Waals surface area contributed by atoms with E-state index in [1.165, 1.54) is 22.2 Å². The van der Waals surface area contributed by atoms with Gasteiger partial charge in [-0.3, -0.25) is 14.5 Å². The molecule has 0 aromatic heterocycles. The van der Waals surface area contributed by atoms with E-state index in [9.17, 15) is 18.0 Å². The van der Waals surface area contributed by atoms with Crippen LogP contribution in [0.5, 0.6) is 0 Å². The summed E-state index contributed by atoms with van der Waals surface area (Å²) in [6, 6.07) is 14.3. The van der Waals surface area contributed by atoms with Gasteiger partial charge in [0.2, 0.25) is 21.8 Å². The van der Waals surface area contributed by atoms with Crippen molar-refractivity contribution in [3.8, 4) is 0 Å². The van der Waals surface area contributed by atoms with E-state index in [1.54, 1.807) is 26.0 Å². The standard InChI is InChI=1S/C25H32N4O4S/c1-4-28(5-2)34(32,33)22-11-12-23-20(17-22)18-24(29(23)19(3)30)25(31)27-15-13-26(14-16-27)21-9-7-6-8-10-21/h6-12,17,24H,4-5,13-16,18H2,1-3H3. The van der Waals surface area contributed by atoms with Crippen molar-refractivity contribution in [2.45, 2.75) is 38.1 Å². The van der Waals surface area contributed by atoms with Gasteiger partial charge in [0.05, 0.1) is 4.90 Å². The summed E-state index contributed by atoms with van der Waals surface area (Å²) in [7, 11) is -3.62. The molecule has 2 aliphatic heterocycles. The normalized spacial score (nSPS) is 18.4. The molecule has 1 atom stereocenters. The highest BCUT2D eigenvalue weighted by atomic mass is 32.2. The zero-order chi connectivity index (χ0) is 24.5. The van der Waals surface area contributed by atoms with Crippen molar-refractivity contribution in [3.05, 3.63) is 54.1 Å². The first kappa shape index (κ1) is 24.2. The van der Waals surface area contributed by atoms with Crippen LogP contribution < -0.4 is 9.80 Å². The molecule has 0 radical (unpaired) electrons. The summed E-state index contributed by atoms with van der Waals surface area (Å²) >= 11 is 0. The minimum atomic E-state index is -3.62. The van der Waals surface area contributed by atoms with Crippen LogP contribution in [0, 0.1) is 0 Å². The number of amides is 2. The average Bonchev–Trinajstić information content (AvgIpc) is 3.24. The van der Waals surface area contributed by atoms with Gasteiger partial charge in [-0.15, -0.1) is 0 Å². The van der Waals surface area contributed by atoms with Gasteiger partial charge >= 0.3 is 0 Å². The molecule has 2 aromatic carbocycles. The maximum absolute atomic E-state index is 13.5. The molecule has 1 saturated heterocycles. The number of fused-ring (bicyclic) bond motifs is 1. The molecule has 0 aliphatic carbocycles. The predicted molar refractivity (Wildman–Crippen MR) is 132 cm³/mol. The molecule has 0 N–H and O–H groups in total. The molecule has 1 unspecified atom stereocenters. The van der Waals surface area contributed by atoms with Gasteiger partial charge in [0, 0.05) is 64.0 Å². The lowest BCUT2D eigenvalue weighted by Gasteiger charge is -2.38. The lowest BCUT2D eigenvalue weighted by atomic mass is 10.1. The van der Waals surface area contributed by atoms with Crippen LogP contribution in [0.3, 0.4) is 0 Å². The number of piperazine rings is 1. The molecular formula is C25H32N4O4S. The fourth-order valence-electron chi connectivity index (χ4n) is 4.92. The predicted octanol–water partition coefficient (Wildman–Crippen LogP) is 2.34. The number of benzene rings is 2. The first-order valence-electron chi connectivity index (χ1n) is 11.8. The summed E-state index contributed by atoms with van der Waals surface area (Å²) in [5, 5.41) is 0. The van der Waals surface area contributed by atoms with E-state index in [0.29, 0.717) is 43.9 Å².